The van der Waals surface area contributed by atoms with E-state index in [1.807, 2.05) is 23.2 Å². The number of carbonyl (C=O) groups excluding carboxylic acids is 1. The molecule has 0 bridgehead atoms. The lowest BCUT2D eigenvalue weighted by Gasteiger charge is -2.35. The zero-order valence-electron chi connectivity index (χ0n) is 12.9. The molecule has 0 aromatic carbocycles. The molecule has 1 saturated carbocycles. The second kappa shape index (κ2) is 4.71. The van der Waals surface area contributed by atoms with Gasteiger partial charge in [-0.15, -0.1) is 0 Å². The summed E-state index contributed by atoms with van der Waals surface area (Å²) in [6, 6.07) is 3.83. The Balaban J connectivity index is 1.42. The lowest BCUT2D eigenvalue weighted by atomic mass is 10.0. The molecule has 1 aliphatic carbocycles. The number of nitrogens with zero attached hydrogens (tertiary/aromatic N) is 3. The molecule has 3 aliphatic rings. The summed E-state index contributed by atoms with van der Waals surface area (Å²) in [6.07, 6.45) is 6.52. The van der Waals surface area contributed by atoms with Gasteiger partial charge in [-0.25, -0.2) is 4.98 Å². The van der Waals surface area contributed by atoms with E-state index in [4.69, 9.17) is 9.15 Å². The monoisotopic (exact) mass is 313 g/mol. The van der Waals surface area contributed by atoms with E-state index in [1.54, 1.807) is 6.26 Å². The van der Waals surface area contributed by atoms with Crippen molar-refractivity contribution in [2.24, 2.45) is 5.92 Å². The Bertz CT molecular complexity index is 747. The van der Waals surface area contributed by atoms with Gasteiger partial charge in [0.1, 0.15) is 23.7 Å². The SMILES string of the molecule is O=C(C1CC1)N1CC[C@@]2(C1)Cn1c(-c3ccco3)cnc1CO2. The summed E-state index contributed by atoms with van der Waals surface area (Å²) in [5, 5.41) is 0. The molecule has 0 N–H and O–H groups in total. The number of imidazole rings is 1. The zero-order chi connectivity index (χ0) is 15.4. The van der Waals surface area contributed by atoms with Crippen molar-refractivity contribution in [3.8, 4) is 11.5 Å². The minimum Gasteiger partial charge on any atom is -0.463 e. The molecule has 6 heteroatoms. The van der Waals surface area contributed by atoms with Crippen LogP contribution in [0.25, 0.3) is 11.5 Å². The molecule has 1 spiro atoms. The van der Waals surface area contributed by atoms with Crippen molar-refractivity contribution in [1.29, 1.82) is 0 Å². The van der Waals surface area contributed by atoms with Crippen LogP contribution in [-0.4, -0.2) is 39.0 Å². The molecular weight excluding hydrogens is 294 g/mol. The normalized spacial score (nSPS) is 26.7. The molecule has 5 rings (SSSR count). The highest BCUT2D eigenvalue weighted by Gasteiger charge is 2.46. The van der Waals surface area contributed by atoms with Crippen LogP contribution in [0.15, 0.2) is 29.0 Å². The third-order valence-electron chi connectivity index (χ3n) is 5.22. The van der Waals surface area contributed by atoms with Crippen LogP contribution in [0.5, 0.6) is 0 Å². The molecule has 2 aromatic rings. The largest absolute Gasteiger partial charge is 0.463 e. The maximum Gasteiger partial charge on any atom is 0.225 e. The zero-order valence-corrected chi connectivity index (χ0v) is 12.9. The Kier molecular flexibility index (Phi) is 2.74. The summed E-state index contributed by atoms with van der Waals surface area (Å²) < 4.78 is 13.9. The molecule has 2 fully saturated rings. The van der Waals surface area contributed by atoms with Crippen LogP contribution in [0.4, 0.5) is 0 Å². The van der Waals surface area contributed by atoms with Crippen LogP contribution < -0.4 is 0 Å². The molecule has 1 amide bonds. The predicted octanol–water partition coefficient (Wildman–Crippen LogP) is 2.05. The number of hydrogen-bond donors (Lipinski definition) is 0. The fourth-order valence-corrected chi connectivity index (χ4v) is 3.75. The molecule has 23 heavy (non-hydrogen) atoms. The maximum atomic E-state index is 12.3. The first-order valence-corrected chi connectivity index (χ1v) is 8.25. The minimum atomic E-state index is -0.278. The van der Waals surface area contributed by atoms with Gasteiger partial charge in [0.25, 0.3) is 0 Å². The highest BCUT2D eigenvalue weighted by atomic mass is 16.5. The number of ether oxygens (including phenoxy) is 1. The molecule has 4 heterocycles. The number of likely N-dealkylation sites (tertiary alicyclic amines) is 1. The summed E-state index contributed by atoms with van der Waals surface area (Å²) in [5.41, 5.74) is 0.708. The molecule has 1 atom stereocenters. The average Bonchev–Trinajstić information content (AvgIpc) is 2.98. The number of rotatable bonds is 2. The number of carbonyl (C=O) groups is 1. The van der Waals surface area contributed by atoms with E-state index >= 15 is 0 Å². The van der Waals surface area contributed by atoms with E-state index in [0.717, 1.165) is 49.6 Å². The van der Waals surface area contributed by atoms with Crippen molar-refractivity contribution >= 4 is 5.91 Å². The second-order valence-electron chi connectivity index (χ2n) is 6.88. The van der Waals surface area contributed by atoms with Crippen molar-refractivity contribution in [2.75, 3.05) is 13.1 Å². The average molecular weight is 313 g/mol. The lowest BCUT2D eigenvalue weighted by Crippen LogP contribution is -2.45. The predicted molar refractivity (Wildman–Crippen MR) is 81.4 cm³/mol. The van der Waals surface area contributed by atoms with Crippen LogP contribution in [0.1, 0.15) is 25.1 Å². The highest BCUT2D eigenvalue weighted by molar-refractivity contribution is 5.81. The van der Waals surface area contributed by atoms with Gasteiger partial charge >= 0.3 is 0 Å². The van der Waals surface area contributed by atoms with Gasteiger partial charge in [0.05, 0.1) is 25.5 Å². The fraction of sp³-hybridized carbons (Fsp3) is 0.529. The van der Waals surface area contributed by atoms with Crippen LogP contribution in [0.3, 0.4) is 0 Å². The lowest BCUT2D eigenvalue weighted by molar-refractivity contribution is -0.134. The van der Waals surface area contributed by atoms with Crippen molar-refractivity contribution in [3.05, 3.63) is 30.4 Å². The second-order valence-corrected chi connectivity index (χ2v) is 6.88. The summed E-state index contributed by atoms with van der Waals surface area (Å²) in [4.78, 5) is 18.8. The Morgan fingerprint density at radius 3 is 3.04 bits per heavy atom. The van der Waals surface area contributed by atoms with Gasteiger partial charge in [0.15, 0.2) is 5.76 Å². The fourth-order valence-electron chi connectivity index (χ4n) is 3.75. The standard InChI is InChI=1S/C17H19N3O3/c21-16(12-3-4-12)19-6-5-17(10-19)11-20-13(14-2-1-7-22-14)8-18-15(20)9-23-17/h1-2,7-8,12H,3-6,9-11H2/t17-/m1/s1. The van der Waals surface area contributed by atoms with Gasteiger partial charge in [-0.1, -0.05) is 0 Å². The van der Waals surface area contributed by atoms with E-state index in [0.29, 0.717) is 19.1 Å². The summed E-state index contributed by atoms with van der Waals surface area (Å²) in [6.45, 7) is 2.71. The topological polar surface area (TPSA) is 60.5 Å². The molecule has 2 aromatic heterocycles. The summed E-state index contributed by atoms with van der Waals surface area (Å²) >= 11 is 0. The quantitative estimate of drug-likeness (QED) is 0.851. The van der Waals surface area contributed by atoms with Crippen molar-refractivity contribution < 1.29 is 13.9 Å². The van der Waals surface area contributed by atoms with Gasteiger partial charge in [-0.3, -0.25) is 4.79 Å². The van der Waals surface area contributed by atoms with Gasteiger partial charge < -0.3 is 18.6 Å². The van der Waals surface area contributed by atoms with Gasteiger partial charge in [-0.2, -0.15) is 0 Å². The number of aromatic nitrogens is 2. The number of amides is 1. The van der Waals surface area contributed by atoms with E-state index in [1.165, 1.54) is 0 Å². The van der Waals surface area contributed by atoms with Gasteiger partial charge in [0, 0.05) is 12.5 Å². The molecule has 0 radical (unpaired) electrons. The highest BCUT2D eigenvalue weighted by Crippen LogP contribution is 2.38. The number of fused-ring (bicyclic) bond motifs is 1. The molecular formula is C17H19N3O3. The van der Waals surface area contributed by atoms with E-state index < -0.39 is 0 Å². The van der Waals surface area contributed by atoms with Crippen LogP contribution >= 0.6 is 0 Å². The Labute approximate surface area is 134 Å². The molecule has 6 nitrogen and oxygen atoms in total. The van der Waals surface area contributed by atoms with Crippen molar-refractivity contribution in [2.45, 2.75) is 38.0 Å². The number of hydrogen-bond acceptors (Lipinski definition) is 4. The van der Waals surface area contributed by atoms with Gasteiger partial charge in [-0.05, 0) is 31.4 Å². The molecule has 120 valence electrons. The smallest absolute Gasteiger partial charge is 0.225 e. The van der Waals surface area contributed by atoms with Crippen molar-refractivity contribution in [1.82, 2.24) is 14.5 Å². The van der Waals surface area contributed by atoms with Crippen molar-refractivity contribution in [3.63, 3.8) is 0 Å². The minimum absolute atomic E-state index is 0.274. The Morgan fingerprint density at radius 1 is 1.35 bits per heavy atom. The van der Waals surface area contributed by atoms with E-state index in [2.05, 4.69) is 9.55 Å². The van der Waals surface area contributed by atoms with E-state index in [-0.39, 0.29) is 11.5 Å². The third-order valence-corrected chi connectivity index (χ3v) is 5.22. The van der Waals surface area contributed by atoms with Gasteiger partial charge in [0.2, 0.25) is 5.91 Å². The maximum absolute atomic E-state index is 12.3. The Morgan fingerprint density at radius 2 is 2.26 bits per heavy atom. The molecule has 0 unspecified atom stereocenters. The molecule has 1 saturated heterocycles. The summed E-state index contributed by atoms with van der Waals surface area (Å²) in [5.74, 6) is 2.34. The first kappa shape index (κ1) is 13.4. The third kappa shape index (κ3) is 2.12. The van der Waals surface area contributed by atoms with Crippen LogP contribution in [0.2, 0.25) is 0 Å². The summed E-state index contributed by atoms with van der Waals surface area (Å²) in [7, 11) is 0. The number of furan rings is 1. The first-order chi connectivity index (χ1) is 11.2. The molecule has 2 aliphatic heterocycles. The van der Waals surface area contributed by atoms with Crippen LogP contribution in [-0.2, 0) is 22.7 Å². The first-order valence-electron chi connectivity index (χ1n) is 8.25. The van der Waals surface area contributed by atoms with E-state index in [9.17, 15) is 4.79 Å². The van der Waals surface area contributed by atoms with Crippen LogP contribution in [0, 0.1) is 5.92 Å². The Hall–Kier alpha value is -2.08.